The molecule has 6 aliphatic heterocycles. The third-order valence-corrected chi connectivity index (χ3v) is 24.7. The number of para-hydroxylation sites is 6. The minimum atomic E-state index is -0.104. The summed E-state index contributed by atoms with van der Waals surface area (Å²) in [5.74, 6) is 6.00. The zero-order chi connectivity index (χ0) is 84.6. The van der Waals surface area contributed by atoms with Crippen LogP contribution in [0.2, 0.25) is 0 Å². The molecule has 0 spiro atoms. The maximum atomic E-state index is 6.67. The Morgan fingerprint density at radius 3 is 1.07 bits per heavy atom. The first-order chi connectivity index (χ1) is 59.0. The second-order valence-corrected chi connectivity index (χ2v) is 34.1. The van der Waals surface area contributed by atoms with Crippen molar-refractivity contribution in [2.45, 2.75) is 163 Å². The van der Waals surface area contributed by atoms with Crippen LogP contribution in [0.4, 0.5) is 34.1 Å². The molecule has 6 heterocycles. The maximum absolute atomic E-state index is 6.67. The molecule has 18 rings (SSSR count). The fourth-order valence-corrected chi connectivity index (χ4v) is 17.5. The molecule has 12 heteroatoms. The smallest absolute Gasteiger partial charge is 0.161 e. The highest BCUT2D eigenvalue weighted by Gasteiger charge is 2.52. The van der Waals surface area contributed by atoms with E-state index in [4.69, 9.17) is 28.4 Å². The number of hydrogen-bond donors (Lipinski definition) is 0. The van der Waals surface area contributed by atoms with E-state index in [1.165, 1.54) is 103 Å². The summed E-state index contributed by atoms with van der Waals surface area (Å²) in [6.07, 6.45) is 18.1. The number of benzene rings is 11. The Labute approximate surface area is 722 Å². The van der Waals surface area contributed by atoms with Gasteiger partial charge in [-0.3, -0.25) is 0 Å². The number of ether oxygens (including phenoxy) is 6. The van der Waals surface area contributed by atoms with E-state index in [0.29, 0.717) is 52.2 Å². The molecule has 11 aromatic rings. The first-order valence-corrected chi connectivity index (χ1v) is 43.6. The van der Waals surface area contributed by atoms with Gasteiger partial charge in [0.1, 0.15) is 35.5 Å². The number of nitrogens with zero attached hydrogens (tertiary/aromatic N) is 6. The van der Waals surface area contributed by atoms with Crippen LogP contribution in [-0.4, -0.2) is 53.0 Å². The van der Waals surface area contributed by atoms with Gasteiger partial charge in [-0.15, -0.1) is 26.3 Å². The summed E-state index contributed by atoms with van der Waals surface area (Å²) in [7, 11) is 0. The molecule has 0 aromatic heterocycles. The van der Waals surface area contributed by atoms with Gasteiger partial charge in [0.2, 0.25) is 0 Å². The first kappa shape index (κ1) is 87.0. The van der Waals surface area contributed by atoms with Crippen LogP contribution in [0.15, 0.2) is 324 Å². The molecule has 121 heavy (non-hydrogen) atoms. The highest BCUT2D eigenvalue weighted by molar-refractivity contribution is 5.58. The van der Waals surface area contributed by atoms with E-state index in [0.717, 1.165) is 113 Å². The van der Waals surface area contributed by atoms with Crippen molar-refractivity contribution in [3.8, 4) is 28.7 Å². The Morgan fingerprint density at radius 2 is 0.702 bits per heavy atom. The SMILES string of the molecule is C=CCC.C=CCC1(C)CC(C(C)(C)c2ccc3c(c2)CN(c2ccccc2)CO3)CC2CN(c3ccccc3)COC21.C=CCCC.C=CCCC.CC(C)(c1ccc(N2COc3ccccc3C2)cc1)c1ccc(N2COc3ccccc3C2)cc1.c1ccc(N2COc3ccc(Cc4ccc5c(c4)CN(c4ccccc4)CO5)cc3C2)cc1. The summed E-state index contributed by atoms with van der Waals surface area (Å²) in [5.41, 5.74) is 20.0. The molecule has 4 unspecified atom stereocenters. The number of anilines is 6. The lowest BCUT2D eigenvalue weighted by Gasteiger charge is -2.55. The Bertz CT molecular complexity index is 4900. The molecule has 1 saturated carbocycles. The average molecular weight is 1620 g/mol. The molecule has 2 fully saturated rings. The van der Waals surface area contributed by atoms with Gasteiger partial charge in [0.05, 0.1) is 6.10 Å². The fraction of sp³-hybridized carbons (Fsp3) is 0.321. The van der Waals surface area contributed by atoms with E-state index in [-0.39, 0.29) is 22.3 Å². The summed E-state index contributed by atoms with van der Waals surface area (Å²) in [5, 5.41) is 0. The first-order valence-electron chi connectivity index (χ1n) is 43.6. The molecule has 628 valence electrons. The van der Waals surface area contributed by atoms with Crippen molar-refractivity contribution in [2.75, 3.05) is 76.3 Å². The molecule has 0 amide bonds. The van der Waals surface area contributed by atoms with Crippen LogP contribution in [-0.2, 0) is 54.7 Å². The lowest BCUT2D eigenvalue weighted by Crippen LogP contribution is -2.57. The summed E-state index contributed by atoms with van der Waals surface area (Å²) < 4.78 is 36.8. The molecule has 0 bridgehead atoms. The van der Waals surface area contributed by atoms with Crippen LogP contribution in [0.3, 0.4) is 0 Å². The van der Waals surface area contributed by atoms with Crippen molar-refractivity contribution in [3.05, 3.63) is 379 Å². The standard InChI is InChI=1S/C35H42N2O2.C31H30N2O2.C29H26N2O2.2C5H10.C4H8/c1-5-18-35(4)21-29(20-27-23-37(25-39-33(27)35)31-14-10-7-11-15-31)34(2,3)28-16-17-32-26(19-28)22-36(24-38-32)30-12-8-6-9-13-30;1-31(2,25-11-15-27(16-12-25)32-19-23-7-3-5-9-29(23)34-21-32)26-13-17-28(18-14-26)33-20-24-8-4-6-10-30(24)35-22-33;1-3-7-26(8-4-1)30-18-24-16-22(11-13-28(24)32-20-30)15-23-12-14-29-25(17-23)19-31(21-33-29)27-9-5-2-6-10-27;2*1-3-5-4-2;1-3-4-2/h5-17,19,27,29,33H,1,18,20-25H2,2-4H3;3-18H,19-22H2,1-2H3;1-14,16-17H,15,18-21H2;2*3H,1,4-5H2,2H3;3H,1,4H2,2H3. The molecule has 11 aromatic carbocycles. The van der Waals surface area contributed by atoms with Gasteiger partial charge in [-0.1, -0.05) is 244 Å². The molecule has 0 radical (unpaired) electrons. The Kier molecular flexibility index (Phi) is 30.1. The molecule has 0 N–H and O–H groups in total. The summed E-state index contributed by atoms with van der Waals surface area (Å²) in [6, 6.07) is 96.7. The van der Waals surface area contributed by atoms with Crippen LogP contribution < -0.4 is 53.1 Å². The summed E-state index contributed by atoms with van der Waals surface area (Å²) >= 11 is 0. The monoisotopic (exact) mass is 1610 g/mol. The quantitative estimate of drug-likeness (QED) is 0.0724. The summed E-state index contributed by atoms with van der Waals surface area (Å²) in [4.78, 5) is 13.8. The van der Waals surface area contributed by atoms with Crippen LogP contribution >= 0.6 is 0 Å². The van der Waals surface area contributed by atoms with Gasteiger partial charge >= 0.3 is 0 Å². The van der Waals surface area contributed by atoms with E-state index in [1.807, 2.05) is 54.6 Å². The molecule has 4 atom stereocenters. The predicted molar refractivity (Wildman–Crippen MR) is 504 cm³/mol. The largest absolute Gasteiger partial charge is 0.473 e. The molecular formula is C109H126N6O6. The van der Waals surface area contributed by atoms with Crippen LogP contribution in [0, 0.1) is 17.3 Å². The Morgan fingerprint density at radius 1 is 0.364 bits per heavy atom. The van der Waals surface area contributed by atoms with Crippen molar-refractivity contribution < 1.29 is 28.4 Å². The van der Waals surface area contributed by atoms with Crippen LogP contribution in [0.5, 0.6) is 28.7 Å². The lowest BCUT2D eigenvalue weighted by molar-refractivity contribution is -0.130. The third kappa shape index (κ3) is 22.0. The highest BCUT2D eigenvalue weighted by atomic mass is 16.5. The van der Waals surface area contributed by atoms with E-state index in [1.54, 1.807) is 0 Å². The van der Waals surface area contributed by atoms with Crippen LogP contribution in [0.1, 0.15) is 162 Å². The molecule has 1 saturated heterocycles. The number of unbranched alkanes of at least 4 members (excludes halogenated alkanes) is 2. The second-order valence-electron chi connectivity index (χ2n) is 34.1. The van der Waals surface area contributed by atoms with E-state index in [9.17, 15) is 0 Å². The van der Waals surface area contributed by atoms with Gasteiger partial charge < -0.3 is 57.8 Å². The number of fused-ring (bicyclic) bond motifs is 6. The van der Waals surface area contributed by atoms with E-state index >= 15 is 0 Å². The average Bonchev–Trinajstić information content (AvgIpc) is 0.742. The van der Waals surface area contributed by atoms with E-state index in [2.05, 4.69) is 354 Å². The second kappa shape index (κ2) is 41.9. The normalized spacial score (nSPS) is 17.8. The van der Waals surface area contributed by atoms with Gasteiger partial charge in [0.25, 0.3) is 0 Å². The van der Waals surface area contributed by atoms with Gasteiger partial charge in [-0.05, 0) is 211 Å². The van der Waals surface area contributed by atoms with Gasteiger partial charge in [0, 0.05) is 113 Å². The number of hydrogen-bond acceptors (Lipinski definition) is 12. The molecular weight excluding hydrogens is 1490 g/mol. The zero-order valence-corrected chi connectivity index (χ0v) is 72.8. The Hall–Kier alpha value is -11.9. The van der Waals surface area contributed by atoms with Crippen molar-refractivity contribution >= 4 is 34.1 Å². The minimum Gasteiger partial charge on any atom is -0.473 e. The van der Waals surface area contributed by atoms with Crippen molar-refractivity contribution in [1.82, 2.24) is 0 Å². The fourth-order valence-electron chi connectivity index (χ4n) is 17.5. The Balaban J connectivity index is 0.000000145. The summed E-state index contributed by atoms with van der Waals surface area (Å²) in [6.45, 7) is 41.9. The lowest BCUT2D eigenvalue weighted by atomic mass is 9.55. The minimum absolute atomic E-state index is 0.0203. The zero-order valence-electron chi connectivity index (χ0n) is 72.8. The van der Waals surface area contributed by atoms with Crippen molar-refractivity contribution in [2.24, 2.45) is 17.3 Å². The van der Waals surface area contributed by atoms with Gasteiger partial charge in [-0.25, -0.2) is 0 Å². The third-order valence-electron chi connectivity index (χ3n) is 24.7. The van der Waals surface area contributed by atoms with E-state index < -0.39 is 0 Å². The number of allylic oxidation sites excluding steroid dienone is 4. The topological polar surface area (TPSA) is 74.8 Å². The van der Waals surface area contributed by atoms with Crippen molar-refractivity contribution in [3.63, 3.8) is 0 Å². The van der Waals surface area contributed by atoms with Gasteiger partial charge in [-0.2, -0.15) is 0 Å². The van der Waals surface area contributed by atoms with Crippen molar-refractivity contribution in [1.29, 1.82) is 0 Å². The number of rotatable bonds is 19. The van der Waals surface area contributed by atoms with Gasteiger partial charge in [0.15, 0.2) is 33.7 Å². The maximum Gasteiger partial charge on any atom is 0.161 e. The molecule has 12 nitrogen and oxygen atoms in total. The highest BCUT2D eigenvalue weighted by Crippen LogP contribution is 2.54. The molecule has 7 aliphatic rings. The van der Waals surface area contributed by atoms with Crippen LogP contribution in [0.25, 0.3) is 0 Å². The predicted octanol–water partition coefficient (Wildman–Crippen LogP) is 26.0. The molecule has 1 aliphatic carbocycles.